The molecule has 2 amide bonds. The molecular formula is C17H20N2O4. The fourth-order valence-electron chi connectivity index (χ4n) is 3.27. The maximum atomic E-state index is 12.7. The second-order valence-electron chi connectivity index (χ2n) is 6.07. The number of carbonyl (C=O) groups excluding carboxylic acids is 3. The summed E-state index contributed by atoms with van der Waals surface area (Å²) < 4.78 is 5.62. The number of likely N-dealkylation sites (N-methyl/N-ethyl adjacent to an activating group) is 1. The molecule has 2 unspecified atom stereocenters. The highest BCUT2D eigenvalue weighted by Gasteiger charge is 2.37. The molecule has 0 saturated carbocycles. The second-order valence-corrected chi connectivity index (χ2v) is 6.07. The Morgan fingerprint density at radius 2 is 2.30 bits per heavy atom. The Morgan fingerprint density at radius 1 is 1.52 bits per heavy atom. The minimum Gasteiger partial charge on any atom is -0.493 e. The van der Waals surface area contributed by atoms with E-state index in [0.29, 0.717) is 31.1 Å². The van der Waals surface area contributed by atoms with Gasteiger partial charge in [0.2, 0.25) is 5.91 Å². The van der Waals surface area contributed by atoms with E-state index < -0.39 is 6.04 Å². The number of nitrogens with one attached hydrogen (secondary N) is 1. The maximum absolute atomic E-state index is 12.7. The van der Waals surface area contributed by atoms with Gasteiger partial charge >= 0.3 is 0 Å². The molecule has 0 saturated heterocycles. The Morgan fingerprint density at radius 3 is 3.00 bits per heavy atom. The lowest BCUT2D eigenvalue weighted by atomic mass is 9.98. The lowest BCUT2D eigenvalue weighted by Crippen LogP contribution is -2.46. The monoisotopic (exact) mass is 316 g/mol. The molecule has 0 fully saturated rings. The zero-order chi connectivity index (χ0) is 16.6. The average molecular weight is 316 g/mol. The first-order valence-corrected chi connectivity index (χ1v) is 7.82. The van der Waals surface area contributed by atoms with Crippen LogP contribution in [0.5, 0.6) is 5.75 Å². The van der Waals surface area contributed by atoms with E-state index in [2.05, 4.69) is 12.2 Å². The van der Waals surface area contributed by atoms with Crippen molar-refractivity contribution in [2.24, 2.45) is 0 Å². The molecule has 1 aromatic carbocycles. The standard InChI is InChI=1S/C17H20N2O4/c1-10-9-23-15-7-13-11(6-12(10)15)8-19(17(13)22)14(4-3-5-20)16(21)18-2/h5-7,10,14H,3-4,8-9H2,1-2H3,(H,18,21). The van der Waals surface area contributed by atoms with Crippen molar-refractivity contribution in [3.05, 3.63) is 28.8 Å². The fourth-order valence-corrected chi connectivity index (χ4v) is 3.27. The van der Waals surface area contributed by atoms with E-state index in [1.807, 2.05) is 6.07 Å². The van der Waals surface area contributed by atoms with Gasteiger partial charge in [-0.3, -0.25) is 9.59 Å². The van der Waals surface area contributed by atoms with Crippen molar-refractivity contribution in [3.63, 3.8) is 0 Å². The van der Waals surface area contributed by atoms with Crippen LogP contribution in [0.1, 0.15) is 47.2 Å². The molecule has 3 rings (SSSR count). The van der Waals surface area contributed by atoms with Gasteiger partial charge in [-0.25, -0.2) is 0 Å². The largest absolute Gasteiger partial charge is 0.493 e. The second kappa shape index (κ2) is 6.02. The predicted molar refractivity (Wildman–Crippen MR) is 83.4 cm³/mol. The molecule has 1 aromatic rings. The van der Waals surface area contributed by atoms with E-state index in [4.69, 9.17) is 4.74 Å². The van der Waals surface area contributed by atoms with Gasteiger partial charge in [0.05, 0.1) is 6.61 Å². The summed E-state index contributed by atoms with van der Waals surface area (Å²) in [5.41, 5.74) is 2.63. The first kappa shape index (κ1) is 15.5. The molecule has 0 bridgehead atoms. The van der Waals surface area contributed by atoms with Crippen LogP contribution >= 0.6 is 0 Å². The molecule has 23 heavy (non-hydrogen) atoms. The van der Waals surface area contributed by atoms with Gasteiger partial charge in [-0.05, 0) is 24.1 Å². The maximum Gasteiger partial charge on any atom is 0.255 e. The first-order chi connectivity index (χ1) is 11.1. The van der Waals surface area contributed by atoms with Crippen LogP contribution in [0.4, 0.5) is 0 Å². The molecular weight excluding hydrogens is 296 g/mol. The number of hydrogen-bond donors (Lipinski definition) is 1. The number of amides is 2. The lowest BCUT2D eigenvalue weighted by Gasteiger charge is -2.25. The van der Waals surface area contributed by atoms with Crippen molar-refractivity contribution in [1.82, 2.24) is 10.2 Å². The number of fused-ring (bicyclic) bond motifs is 2. The zero-order valence-electron chi connectivity index (χ0n) is 13.3. The number of hydrogen-bond acceptors (Lipinski definition) is 4. The highest BCUT2D eigenvalue weighted by atomic mass is 16.5. The molecule has 2 atom stereocenters. The minimum absolute atomic E-state index is 0.176. The van der Waals surface area contributed by atoms with Crippen LogP contribution in [-0.2, 0) is 16.1 Å². The Hall–Kier alpha value is -2.37. The third kappa shape index (κ3) is 2.58. The van der Waals surface area contributed by atoms with Crippen molar-refractivity contribution in [3.8, 4) is 5.75 Å². The first-order valence-electron chi connectivity index (χ1n) is 7.82. The Kier molecular flexibility index (Phi) is 4.07. The van der Waals surface area contributed by atoms with Gasteiger partial charge < -0.3 is 19.7 Å². The van der Waals surface area contributed by atoms with Crippen LogP contribution in [0.3, 0.4) is 0 Å². The summed E-state index contributed by atoms with van der Waals surface area (Å²) in [5, 5.41) is 2.58. The van der Waals surface area contributed by atoms with E-state index in [0.717, 1.165) is 23.2 Å². The van der Waals surface area contributed by atoms with Crippen molar-refractivity contribution < 1.29 is 19.1 Å². The molecule has 6 nitrogen and oxygen atoms in total. The van der Waals surface area contributed by atoms with Crippen molar-refractivity contribution >= 4 is 18.1 Å². The summed E-state index contributed by atoms with van der Waals surface area (Å²) in [6.07, 6.45) is 1.35. The minimum atomic E-state index is -0.627. The molecule has 1 N–H and O–H groups in total. The van der Waals surface area contributed by atoms with Crippen molar-refractivity contribution in [1.29, 1.82) is 0 Å². The summed E-state index contributed by atoms with van der Waals surface area (Å²) in [7, 11) is 1.54. The quantitative estimate of drug-likeness (QED) is 0.829. The molecule has 0 aliphatic carbocycles. The zero-order valence-corrected chi connectivity index (χ0v) is 13.3. The Bertz CT molecular complexity index is 671. The highest BCUT2D eigenvalue weighted by molar-refractivity contribution is 6.01. The summed E-state index contributed by atoms with van der Waals surface area (Å²) in [5.74, 6) is 0.649. The van der Waals surface area contributed by atoms with Crippen LogP contribution in [0.15, 0.2) is 12.1 Å². The number of rotatable bonds is 5. The average Bonchev–Trinajstić information content (AvgIpc) is 3.07. The molecule has 2 aliphatic heterocycles. The van der Waals surface area contributed by atoms with E-state index in [1.54, 1.807) is 11.0 Å². The molecule has 2 heterocycles. The van der Waals surface area contributed by atoms with Crippen LogP contribution in [-0.4, -0.2) is 42.7 Å². The number of nitrogens with zero attached hydrogens (tertiary/aromatic N) is 1. The summed E-state index contributed by atoms with van der Waals surface area (Å²) in [6, 6.07) is 3.18. The topological polar surface area (TPSA) is 75.7 Å². The number of aldehydes is 1. The smallest absolute Gasteiger partial charge is 0.255 e. The molecule has 0 spiro atoms. The fraction of sp³-hybridized carbons (Fsp3) is 0.471. The van der Waals surface area contributed by atoms with Gasteiger partial charge in [-0.15, -0.1) is 0 Å². The van der Waals surface area contributed by atoms with Gasteiger partial charge in [-0.1, -0.05) is 6.92 Å². The van der Waals surface area contributed by atoms with Gasteiger partial charge in [0, 0.05) is 37.1 Å². The molecule has 0 radical (unpaired) electrons. The van der Waals surface area contributed by atoms with Crippen LogP contribution < -0.4 is 10.1 Å². The molecule has 6 heteroatoms. The SMILES string of the molecule is CNC(=O)C(CCC=O)N1Cc2cc3c(cc2C1=O)OCC3C. The summed E-state index contributed by atoms with van der Waals surface area (Å²) in [6.45, 7) is 3.12. The number of carbonyl (C=O) groups is 3. The van der Waals surface area contributed by atoms with Crippen molar-refractivity contribution in [2.45, 2.75) is 38.3 Å². The Labute approximate surface area is 134 Å². The molecule has 2 aliphatic rings. The van der Waals surface area contributed by atoms with Crippen molar-refractivity contribution in [2.75, 3.05) is 13.7 Å². The number of benzene rings is 1. The summed E-state index contributed by atoms with van der Waals surface area (Å²) in [4.78, 5) is 37.0. The molecule has 0 aromatic heterocycles. The van der Waals surface area contributed by atoms with Gasteiger partial charge in [0.1, 0.15) is 18.1 Å². The normalized spacial score (nSPS) is 19.8. The van der Waals surface area contributed by atoms with E-state index in [-0.39, 0.29) is 18.2 Å². The van der Waals surface area contributed by atoms with Crippen LogP contribution in [0.2, 0.25) is 0 Å². The van der Waals surface area contributed by atoms with Gasteiger partial charge in [-0.2, -0.15) is 0 Å². The van der Waals surface area contributed by atoms with E-state index in [9.17, 15) is 14.4 Å². The van der Waals surface area contributed by atoms with Crippen LogP contribution in [0.25, 0.3) is 0 Å². The Balaban J connectivity index is 1.90. The predicted octanol–water partition coefficient (Wildman–Crippen LogP) is 1.23. The van der Waals surface area contributed by atoms with E-state index in [1.165, 1.54) is 7.05 Å². The third-order valence-electron chi connectivity index (χ3n) is 4.57. The lowest BCUT2D eigenvalue weighted by molar-refractivity contribution is -0.125. The highest BCUT2D eigenvalue weighted by Crippen LogP contribution is 2.39. The van der Waals surface area contributed by atoms with Crippen LogP contribution in [0, 0.1) is 0 Å². The van der Waals surface area contributed by atoms with Gasteiger partial charge in [0.15, 0.2) is 0 Å². The molecule has 122 valence electrons. The third-order valence-corrected chi connectivity index (χ3v) is 4.57. The van der Waals surface area contributed by atoms with Gasteiger partial charge in [0.25, 0.3) is 5.91 Å². The van der Waals surface area contributed by atoms with E-state index >= 15 is 0 Å². The summed E-state index contributed by atoms with van der Waals surface area (Å²) >= 11 is 0. The number of ether oxygens (including phenoxy) is 1.